The first-order chi connectivity index (χ1) is 11.0. The van der Waals surface area contributed by atoms with Crippen molar-refractivity contribution >= 4 is 60.4 Å². The molecule has 0 saturated carbocycles. The largest absolute Gasteiger partial charge is 0.415 e. The zero-order valence-electron chi connectivity index (χ0n) is 19.7. The highest BCUT2D eigenvalue weighted by molar-refractivity contribution is 9.51. The van der Waals surface area contributed by atoms with Crippen molar-refractivity contribution in [1.82, 2.24) is 0 Å². The number of halogens is 2. The van der Waals surface area contributed by atoms with Crippen molar-refractivity contribution in [3.8, 4) is 0 Å². The zero-order chi connectivity index (χ0) is 21.2. The fourth-order valence-corrected chi connectivity index (χ4v) is 54.7. The van der Waals surface area contributed by atoms with E-state index in [1.165, 1.54) is 12.8 Å². The van der Waals surface area contributed by atoms with E-state index in [0.29, 0.717) is 15.4 Å². The highest BCUT2D eigenvalue weighted by Gasteiger charge is 2.71. The molecule has 0 amide bonds. The summed E-state index contributed by atoms with van der Waals surface area (Å²) in [6.45, 7) is 32.6. The lowest BCUT2D eigenvalue weighted by molar-refractivity contribution is 0.150. The molecule has 0 aromatic heterocycles. The van der Waals surface area contributed by atoms with Gasteiger partial charge >= 0.3 is 0 Å². The van der Waals surface area contributed by atoms with Crippen LogP contribution in [0.1, 0.15) is 47.5 Å². The topological polar surface area (TPSA) is 9.23 Å². The molecule has 0 aromatic carbocycles. The lowest BCUT2D eigenvalue weighted by Crippen LogP contribution is -2.73. The Morgan fingerprint density at radius 2 is 1.27 bits per heavy atom. The summed E-state index contributed by atoms with van der Waals surface area (Å²) < 4.78 is 7.64. The molecule has 0 aliphatic carbocycles. The second kappa shape index (κ2) is 7.19. The predicted octanol–water partition coefficient (Wildman–Crippen LogP) is 8.46. The Morgan fingerprint density at radius 1 is 0.885 bits per heavy atom. The minimum absolute atomic E-state index is 0.250. The smallest absolute Gasteiger partial charge is 0.228 e. The molecule has 0 N–H and O–H groups in total. The Hall–Kier alpha value is 1.79. The van der Waals surface area contributed by atoms with Crippen LogP contribution >= 0.6 is 30.6 Å². The fraction of sp³-hybridized carbons (Fsp3) is 1.00. The van der Waals surface area contributed by atoms with Crippen molar-refractivity contribution in [3.63, 3.8) is 0 Å². The van der Waals surface area contributed by atoms with E-state index >= 15 is 0 Å². The summed E-state index contributed by atoms with van der Waals surface area (Å²) in [5.74, 6) is 0. The van der Waals surface area contributed by atoms with E-state index in [1.807, 2.05) is 0 Å². The molecule has 1 aliphatic heterocycles. The van der Waals surface area contributed by atoms with Crippen LogP contribution in [-0.2, 0) is 4.43 Å². The summed E-state index contributed by atoms with van der Waals surface area (Å²) in [6.07, 6.45) is 2.53. The lowest BCUT2D eigenvalue weighted by Gasteiger charge is -2.65. The normalized spacial score (nSPS) is 26.7. The molecule has 26 heavy (non-hydrogen) atoms. The van der Waals surface area contributed by atoms with E-state index in [2.05, 4.69) is 118 Å². The van der Waals surface area contributed by atoms with E-state index in [1.54, 1.807) is 0 Å². The molecule has 1 atom stereocenters. The van der Waals surface area contributed by atoms with E-state index in [-0.39, 0.29) is 5.04 Å². The lowest BCUT2D eigenvalue weighted by atomic mass is 9.86. The molecule has 0 bridgehead atoms. The predicted molar refractivity (Wildman–Crippen MR) is 138 cm³/mol. The van der Waals surface area contributed by atoms with Gasteiger partial charge in [0, 0.05) is 16.1 Å². The van der Waals surface area contributed by atoms with Crippen LogP contribution in [0.4, 0.5) is 0 Å². The van der Waals surface area contributed by atoms with Crippen LogP contribution in [-0.4, -0.2) is 35.5 Å². The van der Waals surface area contributed by atoms with Gasteiger partial charge in [-0.1, -0.05) is 73.9 Å². The van der Waals surface area contributed by atoms with Crippen LogP contribution in [0.2, 0.25) is 61.7 Å². The van der Waals surface area contributed by atoms with Crippen LogP contribution in [0.3, 0.4) is 0 Å². The Bertz CT molecular complexity index is 511. The van der Waals surface area contributed by atoms with Crippen molar-refractivity contribution in [2.75, 3.05) is 0 Å². The summed E-state index contributed by atoms with van der Waals surface area (Å²) in [6, 6.07) is 0. The molecule has 1 saturated heterocycles. The molecule has 0 spiro atoms. The summed E-state index contributed by atoms with van der Waals surface area (Å²) in [5, 5.41) is -1.74. The second-order valence-corrected chi connectivity index (χ2v) is 43.3. The van der Waals surface area contributed by atoms with Crippen LogP contribution in [0.25, 0.3) is 0 Å². The maximum Gasteiger partial charge on any atom is 0.228 e. The van der Waals surface area contributed by atoms with Crippen LogP contribution in [0.15, 0.2) is 0 Å². The van der Waals surface area contributed by atoms with Gasteiger partial charge < -0.3 is 4.43 Å². The standard InChI is InChI=1S/C19H44Br2OSi4/c1-17(2,3)25(12,13)22-16-14-18(4,5)15-19(23(6,7)8,24(9,10)11)26(16,20)21/h16H,14-15H2,1-13H3. The van der Waals surface area contributed by atoms with Crippen LogP contribution < -0.4 is 0 Å². The van der Waals surface area contributed by atoms with Crippen molar-refractivity contribution < 1.29 is 4.43 Å². The maximum atomic E-state index is 7.19. The van der Waals surface area contributed by atoms with E-state index < -0.39 is 29.8 Å². The van der Waals surface area contributed by atoms with Gasteiger partial charge in [0.05, 0.1) is 5.73 Å². The van der Waals surface area contributed by atoms with Gasteiger partial charge in [-0.15, -0.1) is 30.6 Å². The summed E-state index contributed by atoms with van der Waals surface area (Å²) in [5.41, 5.74) is 0.691. The highest BCUT2D eigenvalue weighted by Crippen LogP contribution is 2.69. The number of hydrogen-bond acceptors (Lipinski definition) is 1. The summed E-state index contributed by atoms with van der Waals surface area (Å²) in [4.78, 5) is 0. The van der Waals surface area contributed by atoms with Crippen molar-refractivity contribution in [2.24, 2.45) is 5.41 Å². The van der Waals surface area contributed by atoms with Crippen molar-refractivity contribution in [1.29, 1.82) is 0 Å². The summed E-state index contributed by atoms with van der Waals surface area (Å²) >= 11 is 8.89. The first kappa shape index (κ1) is 25.8. The van der Waals surface area contributed by atoms with Crippen LogP contribution in [0, 0.1) is 5.41 Å². The Kier molecular flexibility index (Phi) is 7.14. The van der Waals surface area contributed by atoms with E-state index in [4.69, 9.17) is 4.43 Å². The minimum Gasteiger partial charge on any atom is -0.415 e. The average Bonchev–Trinajstić information content (AvgIpc) is 2.28. The van der Waals surface area contributed by atoms with Gasteiger partial charge in [0.2, 0.25) is 5.31 Å². The molecule has 1 nitrogen and oxygen atoms in total. The Labute approximate surface area is 184 Å². The molecule has 1 unspecified atom stereocenters. The zero-order valence-corrected chi connectivity index (χ0v) is 26.8. The number of rotatable bonds is 4. The van der Waals surface area contributed by atoms with Crippen molar-refractivity contribution in [3.05, 3.63) is 0 Å². The third-order valence-electron chi connectivity index (χ3n) is 7.26. The molecule has 0 aromatic rings. The van der Waals surface area contributed by atoms with Gasteiger partial charge in [0.15, 0.2) is 8.32 Å². The summed E-state index contributed by atoms with van der Waals surface area (Å²) in [7, 11) is -4.75. The maximum absolute atomic E-state index is 7.19. The molecule has 1 rings (SSSR count). The van der Waals surface area contributed by atoms with E-state index in [9.17, 15) is 0 Å². The van der Waals surface area contributed by atoms with Crippen molar-refractivity contribution in [2.45, 2.75) is 115 Å². The monoisotopic (exact) mass is 558 g/mol. The minimum atomic E-state index is -1.99. The van der Waals surface area contributed by atoms with E-state index in [0.717, 1.165) is 0 Å². The van der Waals surface area contributed by atoms with Gasteiger partial charge in [0.1, 0.15) is 0 Å². The molecule has 156 valence electrons. The molecule has 1 fully saturated rings. The van der Waals surface area contributed by atoms with Gasteiger partial charge in [0.25, 0.3) is 0 Å². The molecule has 0 radical (unpaired) electrons. The Morgan fingerprint density at radius 3 is 1.58 bits per heavy atom. The SMILES string of the molecule is CC1(C)CC(O[Si](C)(C)C(C)(C)C)[Si](Br)(Br)C([Si](C)(C)C)([Si](C)(C)C)C1. The molecule has 1 heterocycles. The van der Waals surface area contributed by atoms with Gasteiger partial charge in [-0.3, -0.25) is 0 Å². The highest BCUT2D eigenvalue weighted by atomic mass is 79.9. The third kappa shape index (κ3) is 4.43. The number of hydrogen-bond donors (Lipinski definition) is 0. The van der Waals surface area contributed by atoms with Gasteiger partial charge in [-0.25, -0.2) is 0 Å². The molecular weight excluding hydrogens is 516 g/mol. The molecule has 1 aliphatic rings. The van der Waals surface area contributed by atoms with Gasteiger partial charge in [-0.05, 0) is 40.7 Å². The second-order valence-electron chi connectivity index (χ2n) is 12.9. The quantitative estimate of drug-likeness (QED) is 0.248. The third-order valence-corrected chi connectivity index (χ3v) is 42.8. The fourth-order valence-electron chi connectivity index (χ4n) is 5.12. The molecular formula is C19H44Br2OSi4. The van der Waals surface area contributed by atoms with Crippen LogP contribution in [0.5, 0.6) is 0 Å². The molecule has 7 heteroatoms. The first-order valence-corrected chi connectivity index (χ1v) is 26.6. The Balaban J connectivity index is 3.62. The average molecular weight is 561 g/mol. The van der Waals surface area contributed by atoms with Gasteiger partial charge in [-0.2, -0.15) is 0 Å². The first-order valence-electron chi connectivity index (χ1n) is 10.1.